The van der Waals surface area contributed by atoms with E-state index in [9.17, 15) is 23.5 Å². The molecule has 1 aliphatic heterocycles. The van der Waals surface area contributed by atoms with Crippen molar-refractivity contribution in [3.05, 3.63) is 140 Å². The fourth-order valence-electron chi connectivity index (χ4n) is 5.10. The van der Waals surface area contributed by atoms with E-state index >= 15 is 0 Å². The Morgan fingerprint density at radius 2 is 1.43 bits per heavy atom. The number of aromatic amines is 1. The van der Waals surface area contributed by atoms with E-state index in [2.05, 4.69) is 0 Å². The Bertz CT molecular complexity index is 1620. The first-order valence-corrected chi connectivity index (χ1v) is 13.0. The van der Waals surface area contributed by atoms with Gasteiger partial charge in [-0.2, -0.15) is 8.78 Å². The molecule has 2 heterocycles. The van der Waals surface area contributed by atoms with Crippen LogP contribution in [-0.4, -0.2) is 47.7 Å². The average molecular weight is 579 g/mol. The van der Waals surface area contributed by atoms with E-state index in [1.807, 2.05) is 59.6 Å². The lowest BCUT2D eigenvalue weighted by Crippen LogP contribution is -2.38. The second kappa shape index (κ2) is 12.1. The van der Waals surface area contributed by atoms with Gasteiger partial charge in [-0.1, -0.05) is 54.6 Å². The van der Waals surface area contributed by atoms with Crippen molar-refractivity contribution in [1.82, 2.24) is 9.55 Å². The Morgan fingerprint density at radius 3 is 1.93 bits per heavy atom. The normalized spacial score (nSPS) is 18.6. The average Bonchev–Trinajstić information content (AvgIpc) is 3.34. The molecule has 218 valence electrons. The van der Waals surface area contributed by atoms with Crippen LogP contribution in [0.5, 0.6) is 11.5 Å². The summed E-state index contributed by atoms with van der Waals surface area (Å²) in [5.41, 5.74) is -1.66. The molecule has 4 aromatic rings. The van der Waals surface area contributed by atoms with E-state index in [1.165, 1.54) is 0 Å². The Kier molecular flexibility index (Phi) is 8.34. The lowest BCUT2D eigenvalue weighted by atomic mass is 9.80. The van der Waals surface area contributed by atoms with E-state index in [4.69, 9.17) is 18.9 Å². The summed E-state index contributed by atoms with van der Waals surface area (Å²) in [6.07, 6.45) is -5.93. The van der Waals surface area contributed by atoms with Gasteiger partial charge in [0.25, 0.3) is 11.6 Å². The minimum atomic E-state index is -2.20. The highest BCUT2D eigenvalue weighted by Crippen LogP contribution is 2.43. The second-order valence-electron chi connectivity index (χ2n) is 9.52. The number of methoxy groups -OCH3 is 2. The number of nitrogens with one attached hydrogen (secondary N) is 1. The fourth-order valence-corrected chi connectivity index (χ4v) is 5.10. The van der Waals surface area contributed by atoms with Gasteiger partial charge in [0, 0.05) is 12.3 Å². The number of benzene rings is 3. The third-order valence-corrected chi connectivity index (χ3v) is 7.20. The molecular weight excluding hydrogens is 550 g/mol. The molecule has 11 heteroatoms. The maximum Gasteiger partial charge on any atom is 0.330 e. The van der Waals surface area contributed by atoms with E-state index in [0.29, 0.717) is 28.2 Å². The highest BCUT2D eigenvalue weighted by molar-refractivity contribution is 5.49. The Hall–Kier alpha value is -4.58. The molecule has 0 bridgehead atoms. The number of aliphatic hydroxyl groups excluding tert-OH is 1. The van der Waals surface area contributed by atoms with Crippen molar-refractivity contribution in [3.8, 4) is 11.5 Å². The molecular formula is C31H28F2N2O7. The third kappa shape index (κ3) is 5.37. The van der Waals surface area contributed by atoms with Gasteiger partial charge < -0.3 is 24.1 Å². The number of aliphatic hydroxyl groups is 1. The van der Waals surface area contributed by atoms with Gasteiger partial charge in [0.05, 0.1) is 26.4 Å². The topological polar surface area (TPSA) is 112 Å². The van der Waals surface area contributed by atoms with Crippen molar-refractivity contribution in [2.45, 2.75) is 24.0 Å². The number of aromatic nitrogens is 2. The Labute approximate surface area is 239 Å². The SMILES string of the molecule is COc1ccc(C(OC[C@H]2O[C@@H](n3ccc(=O)[nH]c3=O)C(=C(F)F)[C@@H]2O)(c2ccccc2)c2ccc(OC)cc2)cc1. The smallest absolute Gasteiger partial charge is 0.330 e. The van der Waals surface area contributed by atoms with Crippen LogP contribution in [0.4, 0.5) is 8.78 Å². The van der Waals surface area contributed by atoms with Crippen LogP contribution >= 0.6 is 0 Å². The lowest BCUT2D eigenvalue weighted by molar-refractivity contribution is -0.0941. The van der Waals surface area contributed by atoms with Crippen molar-refractivity contribution in [3.63, 3.8) is 0 Å². The predicted molar refractivity (Wildman–Crippen MR) is 149 cm³/mol. The van der Waals surface area contributed by atoms with Crippen LogP contribution in [0.25, 0.3) is 0 Å². The van der Waals surface area contributed by atoms with Crippen LogP contribution in [0.1, 0.15) is 22.9 Å². The van der Waals surface area contributed by atoms with Gasteiger partial charge in [-0.05, 0) is 41.0 Å². The first kappa shape index (κ1) is 28.9. The van der Waals surface area contributed by atoms with Gasteiger partial charge in [-0.15, -0.1) is 0 Å². The molecule has 0 spiro atoms. The summed E-state index contributed by atoms with van der Waals surface area (Å²) >= 11 is 0. The lowest BCUT2D eigenvalue weighted by Gasteiger charge is -2.37. The zero-order valence-electron chi connectivity index (χ0n) is 22.7. The summed E-state index contributed by atoms with van der Waals surface area (Å²) < 4.78 is 52.2. The number of H-pyrrole nitrogens is 1. The molecule has 2 N–H and O–H groups in total. The predicted octanol–water partition coefficient (Wildman–Crippen LogP) is 3.97. The monoisotopic (exact) mass is 578 g/mol. The summed E-state index contributed by atoms with van der Waals surface area (Å²) in [6.45, 7) is -0.362. The van der Waals surface area contributed by atoms with Gasteiger partial charge in [-0.3, -0.25) is 14.3 Å². The maximum atomic E-state index is 14.1. The largest absolute Gasteiger partial charge is 0.497 e. The third-order valence-electron chi connectivity index (χ3n) is 7.20. The molecule has 1 aliphatic rings. The molecule has 3 aromatic carbocycles. The summed E-state index contributed by atoms with van der Waals surface area (Å²) in [4.78, 5) is 26.0. The summed E-state index contributed by atoms with van der Waals surface area (Å²) in [5.74, 6) is 1.24. The molecule has 1 fully saturated rings. The molecule has 0 unspecified atom stereocenters. The molecule has 9 nitrogen and oxygen atoms in total. The van der Waals surface area contributed by atoms with Crippen molar-refractivity contribution in [1.29, 1.82) is 0 Å². The van der Waals surface area contributed by atoms with E-state index in [-0.39, 0.29) is 6.61 Å². The number of hydrogen-bond acceptors (Lipinski definition) is 7. The number of ether oxygens (including phenoxy) is 4. The van der Waals surface area contributed by atoms with E-state index in [1.54, 1.807) is 38.5 Å². The minimum absolute atomic E-state index is 0.362. The molecule has 1 aromatic heterocycles. The van der Waals surface area contributed by atoms with Crippen LogP contribution in [-0.2, 0) is 15.1 Å². The molecule has 1 saturated heterocycles. The van der Waals surface area contributed by atoms with Gasteiger partial charge >= 0.3 is 5.69 Å². The summed E-state index contributed by atoms with van der Waals surface area (Å²) in [6, 6.07) is 24.7. The van der Waals surface area contributed by atoms with Gasteiger partial charge in [-0.25, -0.2) is 4.79 Å². The zero-order valence-corrected chi connectivity index (χ0v) is 22.7. The van der Waals surface area contributed by atoms with Crippen LogP contribution in [0.15, 0.2) is 112 Å². The van der Waals surface area contributed by atoms with Gasteiger partial charge in [0.1, 0.15) is 29.3 Å². The summed E-state index contributed by atoms with van der Waals surface area (Å²) in [7, 11) is 3.11. The van der Waals surface area contributed by atoms with E-state index < -0.39 is 46.9 Å². The molecule has 42 heavy (non-hydrogen) atoms. The molecule has 5 rings (SSSR count). The Balaban J connectivity index is 1.60. The standard InChI is InChI=1S/C31H28F2N2O7/c1-39-22-12-8-20(9-13-22)31(19-6-4-3-5-7-19,21-10-14-23(40-2)15-11-21)41-18-24-27(37)26(28(32)33)29(42-24)35-17-16-25(36)34-30(35)38/h3-17,24,27,29,37H,18H2,1-2H3,(H,34,36,38)/t24-,27-,29-/m1/s1. The van der Waals surface area contributed by atoms with Crippen LogP contribution in [0.3, 0.4) is 0 Å². The van der Waals surface area contributed by atoms with Crippen molar-refractivity contribution < 1.29 is 32.8 Å². The number of rotatable bonds is 9. The van der Waals surface area contributed by atoms with Crippen LogP contribution in [0.2, 0.25) is 0 Å². The van der Waals surface area contributed by atoms with Crippen molar-refractivity contribution in [2.75, 3.05) is 20.8 Å². The number of halogens is 2. The van der Waals surface area contributed by atoms with Crippen molar-refractivity contribution in [2.24, 2.45) is 0 Å². The first-order chi connectivity index (χ1) is 20.3. The highest BCUT2D eigenvalue weighted by Gasteiger charge is 2.46. The minimum Gasteiger partial charge on any atom is -0.497 e. The quantitative estimate of drug-likeness (QED) is 0.289. The highest BCUT2D eigenvalue weighted by atomic mass is 19.3. The maximum absolute atomic E-state index is 14.1. The molecule has 0 radical (unpaired) electrons. The molecule has 0 aliphatic carbocycles. The summed E-state index contributed by atoms with van der Waals surface area (Å²) in [5, 5.41) is 11.0. The first-order valence-electron chi connectivity index (χ1n) is 13.0. The zero-order chi connectivity index (χ0) is 29.9. The van der Waals surface area contributed by atoms with E-state index in [0.717, 1.165) is 16.8 Å². The molecule has 0 amide bonds. The van der Waals surface area contributed by atoms with Crippen molar-refractivity contribution >= 4 is 0 Å². The Morgan fingerprint density at radius 1 is 0.881 bits per heavy atom. The van der Waals surface area contributed by atoms with Crippen LogP contribution in [0, 0.1) is 0 Å². The molecule has 0 saturated carbocycles. The second-order valence-corrected chi connectivity index (χ2v) is 9.52. The number of nitrogens with zero attached hydrogens (tertiary/aromatic N) is 1. The molecule has 3 atom stereocenters. The van der Waals surface area contributed by atoms with Crippen LogP contribution < -0.4 is 20.7 Å². The number of hydrogen-bond donors (Lipinski definition) is 2. The fraction of sp³-hybridized carbons (Fsp3) is 0.226. The van der Waals surface area contributed by atoms with Gasteiger partial charge in [0.2, 0.25) is 0 Å². The van der Waals surface area contributed by atoms with Gasteiger partial charge in [0.15, 0.2) is 6.23 Å².